The second kappa shape index (κ2) is 2.27. The number of furan rings is 1. The topological polar surface area (TPSA) is 39.2 Å². The molecule has 2 aromatic heterocycles. The summed E-state index contributed by atoms with van der Waals surface area (Å²) in [6.07, 6.45) is 4.14. The molecule has 1 radical (unpaired) electrons. The molecule has 3 heteroatoms. The number of hydrogen-bond donors (Lipinski definition) is 0. The van der Waals surface area contributed by atoms with Gasteiger partial charge < -0.3 is 8.94 Å². The summed E-state index contributed by atoms with van der Waals surface area (Å²) in [5, 5.41) is 3.73. The van der Waals surface area contributed by atoms with E-state index in [2.05, 4.69) is 15.9 Å². The van der Waals surface area contributed by atoms with Crippen molar-refractivity contribution in [3.8, 4) is 11.3 Å². The lowest BCUT2D eigenvalue weighted by Crippen LogP contribution is -1.74. The molecular weight excluding hydrogens is 142 g/mol. The fourth-order valence-corrected chi connectivity index (χ4v) is 0.962. The predicted octanol–water partition coefficient (Wildman–Crippen LogP) is 2.04. The summed E-state index contributed by atoms with van der Waals surface area (Å²) >= 11 is 0. The molecule has 0 amide bonds. The third-order valence-electron chi connectivity index (χ3n) is 1.53. The van der Waals surface area contributed by atoms with Crippen molar-refractivity contribution in [2.24, 2.45) is 0 Å². The Bertz CT molecular complexity index is 335. The van der Waals surface area contributed by atoms with Gasteiger partial charge in [-0.25, -0.2) is 0 Å². The fraction of sp³-hybridized carbons (Fsp3) is 0.125. The predicted molar refractivity (Wildman–Crippen MR) is 37.8 cm³/mol. The second-order valence-corrected chi connectivity index (χ2v) is 2.22. The summed E-state index contributed by atoms with van der Waals surface area (Å²) in [6, 6.07) is 3.53. The van der Waals surface area contributed by atoms with E-state index in [1.807, 2.05) is 13.0 Å². The average Bonchev–Trinajstić information content (AvgIpc) is 2.55. The van der Waals surface area contributed by atoms with Gasteiger partial charge in [0.05, 0.1) is 6.26 Å². The highest BCUT2D eigenvalue weighted by molar-refractivity contribution is 5.59. The van der Waals surface area contributed by atoms with Crippen molar-refractivity contribution in [1.82, 2.24) is 5.16 Å². The molecule has 0 aliphatic heterocycles. The van der Waals surface area contributed by atoms with Gasteiger partial charge in [-0.15, -0.1) is 0 Å². The van der Waals surface area contributed by atoms with Gasteiger partial charge in [0.25, 0.3) is 0 Å². The van der Waals surface area contributed by atoms with Crippen LogP contribution in [-0.2, 0) is 0 Å². The zero-order valence-electron chi connectivity index (χ0n) is 6.00. The minimum Gasteiger partial charge on any atom is -0.469 e. The van der Waals surface area contributed by atoms with E-state index in [0.29, 0.717) is 0 Å². The Kier molecular flexibility index (Phi) is 1.28. The Balaban J connectivity index is 2.53. The Morgan fingerprint density at radius 1 is 1.55 bits per heavy atom. The van der Waals surface area contributed by atoms with E-state index in [4.69, 9.17) is 4.42 Å². The van der Waals surface area contributed by atoms with Gasteiger partial charge in [-0.05, 0) is 13.0 Å². The molecule has 0 aromatic carbocycles. The summed E-state index contributed by atoms with van der Waals surface area (Å²) in [4.78, 5) is 0. The van der Waals surface area contributed by atoms with Crippen LogP contribution in [0, 0.1) is 13.2 Å². The smallest absolute Gasteiger partial charge is 0.205 e. The van der Waals surface area contributed by atoms with Gasteiger partial charge in [-0.1, -0.05) is 5.16 Å². The summed E-state index contributed by atoms with van der Waals surface area (Å²) in [5.74, 6) is 0.840. The van der Waals surface area contributed by atoms with Crippen LogP contribution in [0.2, 0.25) is 0 Å². The number of nitrogens with zero attached hydrogens (tertiary/aromatic N) is 1. The number of aryl methyl sites for hydroxylation is 1. The van der Waals surface area contributed by atoms with Crippen LogP contribution in [0.3, 0.4) is 0 Å². The minimum absolute atomic E-state index is 0.760. The number of aromatic nitrogens is 1. The van der Waals surface area contributed by atoms with E-state index >= 15 is 0 Å². The molecule has 2 rings (SSSR count). The van der Waals surface area contributed by atoms with Gasteiger partial charge in [-0.3, -0.25) is 0 Å². The Labute approximate surface area is 63.6 Å². The zero-order chi connectivity index (χ0) is 7.68. The van der Waals surface area contributed by atoms with E-state index in [1.54, 1.807) is 12.3 Å². The lowest BCUT2D eigenvalue weighted by atomic mass is 10.2. The highest BCUT2D eigenvalue weighted by Gasteiger charge is 2.06. The summed E-state index contributed by atoms with van der Waals surface area (Å²) in [5.41, 5.74) is 1.71. The largest absolute Gasteiger partial charge is 0.469 e. The maximum absolute atomic E-state index is 5.09. The van der Waals surface area contributed by atoms with Crippen molar-refractivity contribution >= 4 is 0 Å². The summed E-state index contributed by atoms with van der Waals surface area (Å²) in [7, 11) is 0. The molecule has 0 aliphatic carbocycles. The molecule has 0 bridgehead atoms. The molecule has 0 saturated carbocycles. The molecule has 0 fully saturated rings. The molecule has 2 heterocycles. The summed E-state index contributed by atoms with van der Waals surface area (Å²) in [6.45, 7) is 1.88. The van der Waals surface area contributed by atoms with Crippen molar-refractivity contribution < 1.29 is 8.94 Å². The van der Waals surface area contributed by atoms with Crippen LogP contribution in [0.25, 0.3) is 11.3 Å². The summed E-state index contributed by atoms with van der Waals surface area (Å²) < 4.78 is 9.67. The van der Waals surface area contributed by atoms with Gasteiger partial charge in [-0.2, -0.15) is 0 Å². The maximum atomic E-state index is 5.09. The molecule has 3 nitrogen and oxygen atoms in total. The minimum atomic E-state index is 0.760. The van der Waals surface area contributed by atoms with E-state index in [9.17, 15) is 0 Å². The van der Waals surface area contributed by atoms with Crippen molar-refractivity contribution in [2.75, 3.05) is 0 Å². The van der Waals surface area contributed by atoms with Gasteiger partial charge in [0.15, 0.2) is 0 Å². The fourth-order valence-electron chi connectivity index (χ4n) is 0.962. The number of hydrogen-bond acceptors (Lipinski definition) is 3. The first-order chi connectivity index (χ1) is 5.38. The van der Waals surface area contributed by atoms with Gasteiger partial charge in [0.2, 0.25) is 6.26 Å². The van der Waals surface area contributed by atoms with Crippen molar-refractivity contribution in [3.63, 3.8) is 0 Å². The second-order valence-electron chi connectivity index (χ2n) is 2.22. The van der Waals surface area contributed by atoms with E-state index < -0.39 is 0 Å². The lowest BCUT2D eigenvalue weighted by Gasteiger charge is -1.87. The van der Waals surface area contributed by atoms with Crippen LogP contribution in [0.5, 0.6) is 0 Å². The molecule has 2 aromatic rings. The number of rotatable bonds is 1. The average molecular weight is 148 g/mol. The molecule has 55 valence electrons. The van der Waals surface area contributed by atoms with Crippen LogP contribution in [0.15, 0.2) is 27.3 Å². The molecule has 0 saturated heterocycles. The Hall–Kier alpha value is -1.51. The SMILES string of the molecule is Cc1occc1-c1c[c]on1. The van der Waals surface area contributed by atoms with E-state index in [1.165, 1.54) is 0 Å². The van der Waals surface area contributed by atoms with Crippen LogP contribution in [0.4, 0.5) is 0 Å². The molecular formula is C8H6NO2. The highest BCUT2D eigenvalue weighted by atomic mass is 16.5. The van der Waals surface area contributed by atoms with E-state index in [-0.39, 0.29) is 0 Å². The normalized spacial score (nSPS) is 10.3. The molecule has 0 aliphatic rings. The zero-order valence-corrected chi connectivity index (χ0v) is 6.00. The molecule has 11 heavy (non-hydrogen) atoms. The molecule has 0 N–H and O–H groups in total. The molecule has 0 atom stereocenters. The maximum Gasteiger partial charge on any atom is 0.205 e. The van der Waals surface area contributed by atoms with Crippen molar-refractivity contribution in [1.29, 1.82) is 0 Å². The Morgan fingerprint density at radius 3 is 3.00 bits per heavy atom. The first kappa shape index (κ1) is 6.22. The van der Waals surface area contributed by atoms with Crippen LogP contribution < -0.4 is 0 Å². The van der Waals surface area contributed by atoms with Crippen molar-refractivity contribution in [2.45, 2.75) is 6.92 Å². The van der Waals surface area contributed by atoms with Gasteiger partial charge in [0, 0.05) is 11.6 Å². The highest BCUT2D eigenvalue weighted by Crippen LogP contribution is 2.21. The lowest BCUT2D eigenvalue weighted by molar-refractivity contribution is 0.415. The quantitative estimate of drug-likeness (QED) is 0.621. The first-order valence-corrected chi connectivity index (χ1v) is 3.25. The third-order valence-corrected chi connectivity index (χ3v) is 1.53. The van der Waals surface area contributed by atoms with Gasteiger partial charge >= 0.3 is 0 Å². The monoisotopic (exact) mass is 148 g/mol. The third kappa shape index (κ3) is 0.941. The van der Waals surface area contributed by atoms with Crippen LogP contribution in [-0.4, -0.2) is 5.16 Å². The molecule has 0 unspecified atom stereocenters. The van der Waals surface area contributed by atoms with Gasteiger partial charge in [0.1, 0.15) is 11.5 Å². The molecule has 0 spiro atoms. The van der Waals surface area contributed by atoms with E-state index in [0.717, 1.165) is 17.0 Å². The Morgan fingerprint density at radius 2 is 2.45 bits per heavy atom. The first-order valence-electron chi connectivity index (χ1n) is 3.25. The van der Waals surface area contributed by atoms with Crippen molar-refractivity contribution in [3.05, 3.63) is 30.4 Å². The van der Waals surface area contributed by atoms with Crippen LogP contribution in [0.1, 0.15) is 5.76 Å². The standard InChI is InChI=1S/C8H6NO2/c1-6-7(2-4-10-6)8-3-5-11-9-8/h2-4H,1H3. The van der Waals surface area contributed by atoms with Crippen LogP contribution >= 0.6 is 0 Å².